The van der Waals surface area contributed by atoms with Crippen molar-refractivity contribution in [1.29, 1.82) is 0 Å². The van der Waals surface area contributed by atoms with E-state index in [0.29, 0.717) is 11.8 Å². The third kappa shape index (κ3) is 4.39. The Morgan fingerprint density at radius 2 is 1.54 bits per heavy atom. The SMILES string of the molecule is C=C/C=C(\C=C1/Cc2ccccc2-c2ccccc21)c1ccc(C)c(C2c3ccccc3C3=C(C=CCC3)C2C)c1. The molecule has 0 fully saturated rings. The van der Waals surface area contributed by atoms with Gasteiger partial charge in [-0.1, -0.05) is 135 Å². The molecule has 3 aliphatic rings. The van der Waals surface area contributed by atoms with E-state index in [9.17, 15) is 0 Å². The molecule has 41 heavy (non-hydrogen) atoms. The van der Waals surface area contributed by atoms with Gasteiger partial charge in [-0.15, -0.1) is 0 Å². The van der Waals surface area contributed by atoms with Crippen LogP contribution in [0, 0.1) is 12.8 Å². The fourth-order valence-electron chi connectivity index (χ4n) is 7.39. The molecule has 7 rings (SSSR count). The molecule has 2 unspecified atom stereocenters. The third-order valence-corrected chi connectivity index (χ3v) is 9.35. The highest BCUT2D eigenvalue weighted by atomic mass is 14.4. The predicted molar refractivity (Wildman–Crippen MR) is 176 cm³/mol. The Morgan fingerprint density at radius 1 is 0.805 bits per heavy atom. The number of hydrogen-bond acceptors (Lipinski definition) is 0. The molecule has 3 aliphatic carbocycles. The summed E-state index contributed by atoms with van der Waals surface area (Å²) in [4.78, 5) is 0. The molecule has 0 N–H and O–H groups in total. The molecule has 0 saturated carbocycles. The van der Waals surface area contributed by atoms with Crippen LogP contribution < -0.4 is 0 Å². The Kier molecular flexibility index (Phi) is 6.56. The van der Waals surface area contributed by atoms with E-state index in [1.807, 2.05) is 6.08 Å². The topological polar surface area (TPSA) is 0 Å². The zero-order chi connectivity index (χ0) is 27.9. The standard InChI is InChI=1S/C41H36/c1-4-13-29(24-32-25-31-14-5-6-16-34(31)37-19-10-8-17-35(32)37)30-23-22-27(2)40(26-30)41-28(3)33-15-7-9-18-36(33)38-20-11-12-21-39(38)41/h4-8,10-17,19-24,26,28,41H,1,9,18,25H2,2-3H3/b29-13+,32-24+. The average Bonchev–Trinajstić information content (AvgIpc) is 3.02. The van der Waals surface area contributed by atoms with Gasteiger partial charge >= 0.3 is 0 Å². The Hall–Kier alpha value is -4.42. The van der Waals surface area contributed by atoms with Gasteiger partial charge in [-0.25, -0.2) is 0 Å². The van der Waals surface area contributed by atoms with Gasteiger partial charge in [0, 0.05) is 5.92 Å². The first kappa shape index (κ1) is 25.5. The summed E-state index contributed by atoms with van der Waals surface area (Å²) in [7, 11) is 0. The minimum atomic E-state index is 0.326. The number of hydrogen-bond donors (Lipinski definition) is 0. The molecule has 0 amide bonds. The van der Waals surface area contributed by atoms with Gasteiger partial charge in [0.2, 0.25) is 0 Å². The molecular formula is C41H36. The summed E-state index contributed by atoms with van der Waals surface area (Å²) in [5.74, 6) is 0.755. The summed E-state index contributed by atoms with van der Waals surface area (Å²) in [5, 5.41) is 0. The maximum absolute atomic E-state index is 4.10. The lowest BCUT2D eigenvalue weighted by Gasteiger charge is -2.37. The van der Waals surface area contributed by atoms with Gasteiger partial charge in [-0.05, 0) is 104 Å². The number of allylic oxidation sites excluding steroid dienone is 9. The van der Waals surface area contributed by atoms with Crippen molar-refractivity contribution in [3.63, 3.8) is 0 Å². The van der Waals surface area contributed by atoms with Crippen LogP contribution in [0.3, 0.4) is 0 Å². The molecule has 200 valence electrons. The zero-order valence-electron chi connectivity index (χ0n) is 24.0. The highest BCUT2D eigenvalue weighted by Gasteiger charge is 2.34. The van der Waals surface area contributed by atoms with Crippen molar-refractivity contribution < 1.29 is 0 Å². The zero-order valence-corrected chi connectivity index (χ0v) is 24.0. The van der Waals surface area contributed by atoms with Crippen LogP contribution in [-0.4, -0.2) is 0 Å². The van der Waals surface area contributed by atoms with Crippen molar-refractivity contribution in [3.05, 3.63) is 172 Å². The molecule has 0 heterocycles. The van der Waals surface area contributed by atoms with Crippen LogP contribution in [0.2, 0.25) is 0 Å². The summed E-state index contributed by atoms with van der Waals surface area (Å²) in [5.41, 5.74) is 18.0. The fourth-order valence-corrected chi connectivity index (χ4v) is 7.39. The lowest BCUT2D eigenvalue weighted by molar-refractivity contribution is 0.585. The summed E-state index contributed by atoms with van der Waals surface area (Å²) in [6, 6.07) is 33.9. The minimum absolute atomic E-state index is 0.326. The molecule has 0 aliphatic heterocycles. The van der Waals surface area contributed by atoms with Crippen molar-refractivity contribution in [1.82, 2.24) is 0 Å². The van der Waals surface area contributed by atoms with E-state index in [1.165, 1.54) is 66.8 Å². The van der Waals surface area contributed by atoms with Crippen molar-refractivity contribution in [2.75, 3.05) is 0 Å². The van der Waals surface area contributed by atoms with Crippen molar-refractivity contribution in [2.24, 2.45) is 5.92 Å². The van der Waals surface area contributed by atoms with Crippen LogP contribution in [0.5, 0.6) is 0 Å². The van der Waals surface area contributed by atoms with E-state index in [0.717, 1.165) is 19.3 Å². The highest BCUT2D eigenvalue weighted by molar-refractivity contribution is 5.93. The monoisotopic (exact) mass is 528 g/mol. The Morgan fingerprint density at radius 3 is 2.37 bits per heavy atom. The Labute approximate surface area is 244 Å². The van der Waals surface area contributed by atoms with Gasteiger partial charge in [-0.2, -0.15) is 0 Å². The molecule has 4 aromatic carbocycles. The average molecular weight is 529 g/mol. The van der Waals surface area contributed by atoms with E-state index in [1.54, 1.807) is 5.57 Å². The van der Waals surface area contributed by atoms with E-state index in [-0.39, 0.29) is 0 Å². The van der Waals surface area contributed by atoms with Crippen molar-refractivity contribution >= 4 is 16.7 Å². The van der Waals surface area contributed by atoms with Gasteiger partial charge in [0.25, 0.3) is 0 Å². The smallest absolute Gasteiger partial charge is 0.0164 e. The lowest BCUT2D eigenvalue weighted by atomic mass is 9.67. The second-order valence-corrected chi connectivity index (χ2v) is 11.7. The van der Waals surface area contributed by atoms with Gasteiger partial charge in [0.15, 0.2) is 0 Å². The minimum Gasteiger partial charge on any atom is -0.0990 e. The summed E-state index contributed by atoms with van der Waals surface area (Å²) in [6.07, 6.45) is 14.5. The van der Waals surface area contributed by atoms with Crippen LogP contribution in [0.25, 0.3) is 27.8 Å². The number of aryl methyl sites for hydroxylation is 1. The van der Waals surface area contributed by atoms with E-state index in [4.69, 9.17) is 0 Å². The molecule has 0 spiro atoms. The molecule has 2 atom stereocenters. The molecule has 4 aromatic rings. The molecule has 0 heteroatoms. The Bertz CT molecular complexity index is 1800. The molecule has 0 radical (unpaired) electrons. The van der Waals surface area contributed by atoms with E-state index in [2.05, 4.69) is 136 Å². The summed E-state index contributed by atoms with van der Waals surface area (Å²) >= 11 is 0. The molecule has 0 aromatic heterocycles. The maximum Gasteiger partial charge on any atom is 0.0164 e. The van der Waals surface area contributed by atoms with Crippen LogP contribution in [0.15, 0.2) is 134 Å². The van der Waals surface area contributed by atoms with Gasteiger partial charge < -0.3 is 0 Å². The maximum atomic E-state index is 4.10. The molecule has 0 saturated heterocycles. The van der Waals surface area contributed by atoms with Gasteiger partial charge in [-0.3, -0.25) is 0 Å². The second-order valence-electron chi connectivity index (χ2n) is 11.7. The second kappa shape index (κ2) is 10.5. The first-order chi connectivity index (χ1) is 20.1. The van der Waals surface area contributed by atoms with E-state index < -0.39 is 0 Å². The first-order valence-corrected chi connectivity index (χ1v) is 14.9. The van der Waals surface area contributed by atoms with Crippen LogP contribution in [0.1, 0.15) is 64.6 Å². The molecule has 0 nitrogen and oxygen atoms in total. The number of rotatable bonds is 4. The van der Waals surface area contributed by atoms with Gasteiger partial charge in [0.1, 0.15) is 0 Å². The predicted octanol–water partition coefficient (Wildman–Crippen LogP) is 10.8. The van der Waals surface area contributed by atoms with Crippen molar-refractivity contribution in [2.45, 2.75) is 39.0 Å². The highest BCUT2D eigenvalue weighted by Crippen LogP contribution is 2.50. The third-order valence-electron chi connectivity index (χ3n) is 9.35. The van der Waals surface area contributed by atoms with E-state index >= 15 is 0 Å². The van der Waals surface area contributed by atoms with Crippen LogP contribution in [0.4, 0.5) is 0 Å². The first-order valence-electron chi connectivity index (χ1n) is 14.9. The summed E-state index contributed by atoms with van der Waals surface area (Å²) in [6.45, 7) is 8.80. The van der Waals surface area contributed by atoms with Gasteiger partial charge in [0.05, 0.1) is 0 Å². The summed E-state index contributed by atoms with van der Waals surface area (Å²) < 4.78 is 0. The normalized spacial score (nSPS) is 20.2. The van der Waals surface area contributed by atoms with Crippen LogP contribution >= 0.6 is 0 Å². The van der Waals surface area contributed by atoms with Crippen molar-refractivity contribution in [3.8, 4) is 11.1 Å². The largest absolute Gasteiger partial charge is 0.0990 e. The Balaban J connectivity index is 1.34. The number of benzene rings is 4. The quantitative estimate of drug-likeness (QED) is 0.231. The lowest BCUT2D eigenvalue weighted by Crippen LogP contribution is -2.22. The number of fused-ring (bicyclic) bond motifs is 5. The molecular weight excluding hydrogens is 492 g/mol. The fraction of sp³-hybridized carbons (Fsp3) is 0.171. The molecule has 0 bridgehead atoms. The van der Waals surface area contributed by atoms with Crippen LogP contribution in [-0.2, 0) is 6.42 Å².